The Labute approximate surface area is 169 Å². The van der Waals surface area contributed by atoms with Gasteiger partial charge < -0.3 is 15.0 Å². The SMILES string of the molecule is CCn1c(-c2ccc(NS(=O)(=O)C3CC3)cc2)c(N)c2ccc(OCCF)cc21. The van der Waals surface area contributed by atoms with Crippen molar-refractivity contribution in [2.45, 2.75) is 31.6 Å². The minimum Gasteiger partial charge on any atom is -0.491 e. The first kappa shape index (κ1) is 19.6. The summed E-state index contributed by atoms with van der Waals surface area (Å²) in [6.07, 6.45) is 1.44. The number of halogens is 1. The van der Waals surface area contributed by atoms with E-state index in [9.17, 15) is 12.8 Å². The predicted molar refractivity (Wildman–Crippen MR) is 114 cm³/mol. The molecule has 1 saturated carbocycles. The zero-order valence-corrected chi connectivity index (χ0v) is 17.0. The number of rotatable bonds is 8. The van der Waals surface area contributed by atoms with Crippen LogP contribution in [0.3, 0.4) is 0 Å². The molecule has 0 spiro atoms. The average Bonchev–Trinajstić information content (AvgIpc) is 3.53. The van der Waals surface area contributed by atoms with Crippen LogP contribution < -0.4 is 15.2 Å². The molecule has 6 nitrogen and oxygen atoms in total. The second-order valence-electron chi connectivity index (χ2n) is 7.15. The third-order valence-corrected chi connectivity index (χ3v) is 6.99. The molecular formula is C21H24FN3O3S. The average molecular weight is 418 g/mol. The Hall–Kier alpha value is -2.74. The highest BCUT2D eigenvalue weighted by atomic mass is 32.2. The second-order valence-corrected chi connectivity index (χ2v) is 9.11. The summed E-state index contributed by atoms with van der Waals surface area (Å²) < 4.78 is 46.8. The fourth-order valence-corrected chi connectivity index (χ4v) is 4.95. The number of hydrogen-bond donors (Lipinski definition) is 2. The fraction of sp³-hybridized carbons (Fsp3) is 0.333. The van der Waals surface area contributed by atoms with E-state index in [0.29, 0.717) is 23.7 Å². The Kier molecular flexibility index (Phi) is 5.12. The quantitative estimate of drug-likeness (QED) is 0.576. The summed E-state index contributed by atoms with van der Waals surface area (Å²) >= 11 is 0. The van der Waals surface area contributed by atoms with Gasteiger partial charge in [-0.2, -0.15) is 0 Å². The first-order chi connectivity index (χ1) is 13.9. The van der Waals surface area contributed by atoms with Gasteiger partial charge in [-0.1, -0.05) is 12.1 Å². The highest BCUT2D eigenvalue weighted by Crippen LogP contribution is 2.38. The molecule has 0 bridgehead atoms. The molecule has 4 rings (SSSR count). The summed E-state index contributed by atoms with van der Waals surface area (Å²) in [5.41, 5.74) is 10.3. The molecule has 3 aromatic rings. The molecule has 8 heteroatoms. The molecule has 1 fully saturated rings. The maximum absolute atomic E-state index is 12.4. The van der Waals surface area contributed by atoms with Crippen LogP contribution in [0.2, 0.25) is 0 Å². The van der Waals surface area contributed by atoms with Gasteiger partial charge in [-0.25, -0.2) is 12.8 Å². The maximum atomic E-state index is 12.4. The van der Waals surface area contributed by atoms with Crippen molar-refractivity contribution in [3.63, 3.8) is 0 Å². The number of fused-ring (bicyclic) bond motifs is 1. The van der Waals surface area contributed by atoms with Crippen molar-refractivity contribution in [2.75, 3.05) is 23.7 Å². The molecule has 1 aromatic heterocycles. The summed E-state index contributed by atoms with van der Waals surface area (Å²) in [7, 11) is -3.29. The van der Waals surface area contributed by atoms with Crippen molar-refractivity contribution in [1.82, 2.24) is 4.57 Å². The van der Waals surface area contributed by atoms with Crippen LogP contribution in [-0.4, -0.2) is 31.5 Å². The number of anilines is 2. The van der Waals surface area contributed by atoms with E-state index in [4.69, 9.17) is 10.5 Å². The van der Waals surface area contributed by atoms with E-state index in [2.05, 4.69) is 9.29 Å². The van der Waals surface area contributed by atoms with Crippen LogP contribution in [0.25, 0.3) is 22.2 Å². The zero-order chi connectivity index (χ0) is 20.6. The van der Waals surface area contributed by atoms with Crippen LogP contribution in [0, 0.1) is 0 Å². The summed E-state index contributed by atoms with van der Waals surface area (Å²) in [6.45, 7) is 2.18. The van der Waals surface area contributed by atoms with Crippen LogP contribution in [0.4, 0.5) is 15.8 Å². The molecule has 0 radical (unpaired) electrons. The van der Waals surface area contributed by atoms with Crippen LogP contribution >= 0.6 is 0 Å². The van der Waals surface area contributed by atoms with Crippen molar-refractivity contribution in [2.24, 2.45) is 0 Å². The van der Waals surface area contributed by atoms with E-state index in [1.54, 1.807) is 18.2 Å². The lowest BCUT2D eigenvalue weighted by Gasteiger charge is -2.11. The van der Waals surface area contributed by atoms with E-state index in [1.807, 2.05) is 31.2 Å². The lowest BCUT2D eigenvalue weighted by molar-refractivity contribution is 0.273. The van der Waals surface area contributed by atoms with Gasteiger partial charge in [0.15, 0.2) is 0 Å². The summed E-state index contributed by atoms with van der Waals surface area (Å²) in [5, 5.41) is 0.627. The topological polar surface area (TPSA) is 86.4 Å². The lowest BCUT2D eigenvalue weighted by Crippen LogP contribution is -2.17. The number of nitrogens with two attached hydrogens (primary N) is 1. The zero-order valence-electron chi connectivity index (χ0n) is 16.2. The van der Waals surface area contributed by atoms with Crippen LogP contribution in [0.5, 0.6) is 5.75 Å². The van der Waals surface area contributed by atoms with Gasteiger partial charge in [0, 0.05) is 29.2 Å². The van der Waals surface area contributed by atoms with E-state index in [1.165, 1.54) is 0 Å². The van der Waals surface area contributed by atoms with Gasteiger partial charge in [0.2, 0.25) is 10.0 Å². The van der Waals surface area contributed by atoms with Gasteiger partial charge in [-0.05, 0) is 44.0 Å². The normalized spacial score (nSPS) is 14.3. The van der Waals surface area contributed by atoms with Gasteiger partial charge in [-0.3, -0.25) is 4.72 Å². The molecule has 0 saturated heterocycles. The largest absolute Gasteiger partial charge is 0.491 e. The number of ether oxygens (including phenoxy) is 1. The summed E-state index contributed by atoms with van der Waals surface area (Å²) in [4.78, 5) is 0. The monoisotopic (exact) mass is 417 g/mol. The lowest BCUT2D eigenvalue weighted by atomic mass is 10.1. The highest BCUT2D eigenvalue weighted by Gasteiger charge is 2.35. The third kappa shape index (κ3) is 3.76. The van der Waals surface area contributed by atoms with Gasteiger partial charge >= 0.3 is 0 Å². The van der Waals surface area contributed by atoms with E-state index >= 15 is 0 Å². The molecule has 3 N–H and O–H groups in total. The minimum absolute atomic E-state index is 0.0128. The number of alkyl halides is 1. The third-order valence-electron chi connectivity index (χ3n) is 5.12. The van der Waals surface area contributed by atoms with E-state index in [-0.39, 0.29) is 11.9 Å². The Morgan fingerprint density at radius 3 is 2.55 bits per heavy atom. The number of sulfonamides is 1. The van der Waals surface area contributed by atoms with Crippen molar-refractivity contribution < 1.29 is 17.5 Å². The number of benzene rings is 2. The van der Waals surface area contributed by atoms with E-state index < -0.39 is 16.7 Å². The molecule has 0 amide bonds. The number of nitrogens with zero attached hydrogens (tertiary/aromatic N) is 1. The molecule has 0 aliphatic heterocycles. The van der Waals surface area contributed by atoms with Crippen molar-refractivity contribution in [3.8, 4) is 17.0 Å². The first-order valence-corrected chi connectivity index (χ1v) is 11.2. The Balaban J connectivity index is 1.70. The number of nitrogen functional groups attached to an aromatic ring is 1. The smallest absolute Gasteiger partial charge is 0.235 e. The molecule has 0 atom stereocenters. The fourth-order valence-electron chi connectivity index (χ4n) is 3.56. The van der Waals surface area contributed by atoms with Crippen LogP contribution in [0.1, 0.15) is 19.8 Å². The number of aromatic nitrogens is 1. The molecule has 1 aliphatic rings. The van der Waals surface area contributed by atoms with Gasteiger partial charge in [-0.15, -0.1) is 0 Å². The van der Waals surface area contributed by atoms with Crippen molar-refractivity contribution >= 4 is 32.3 Å². The van der Waals surface area contributed by atoms with Gasteiger partial charge in [0.1, 0.15) is 19.0 Å². The summed E-state index contributed by atoms with van der Waals surface area (Å²) in [5.74, 6) is 0.596. The van der Waals surface area contributed by atoms with Crippen molar-refractivity contribution in [1.29, 1.82) is 0 Å². The Bertz CT molecular complexity index is 1140. The molecule has 2 aromatic carbocycles. The molecule has 1 aliphatic carbocycles. The molecule has 29 heavy (non-hydrogen) atoms. The van der Waals surface area contributed by atoms with Gasteiger partial charge in [0.25, 0.3) is 0 Å². The Morgan fingerprint density at radius 1 is 1.21 bits per heavy atom. The number of aryl methyl sites for hydroxylation is 1. The van der Waals surface area contributed by atoms with Crippen LogP contribution in [0.15, 0.2) is 42.5 Å². The summed E-state index contributed by atoms with van der Waals surface area (Å²) in [6, 6.07) is 12.8. The minimum atomic E-state index is -3.29. The van der Waals surface area contributed by atoms with Gasteiger partial charge in [0.05, 0.1) is 22.1 Å². The second kappa shape index (κ2) is 7.59. The molecule has 0 unspecified atom stereocenters. The number of nitrogens with one attached hydrogen (secondary N) is 1. The molecule has 154 valence electrons. The number of hydrogen-bond acceptors (Lipinski definition) is 4. The van der Waals surface area contributed by atoms with Crippen LogP contribution in [-0.2, 0) is 16.6 Å². The highest BCUT2D eigenvalue weighted by molar-refractivity contribution is 7.93. The maximum Gasteiger partial charge on any atom is 0.235 e. The predicted octanol–water partition coefficient (Wildman–Crippen LogP) is 4.16. The van der Waals surface area contributed by atoms with E-state index in [0.717, 1.165) is 35.0 Å². The Morgan fingerprint density at radius 2 is 1.93 bits per heavy atom. The molecule has 1 heterocycles. The van der Waals surface area contributed by atoms with Crippen molar-refractivity contribution in [3.05, 3.63) is 42.5 Å². The molecular weight excluding hydrogens is 393 g/mol. The standard InChI is InChI=1S/C21H24FN3O3S/c1-2-25-19-13-16(28-12-11-22)7-10-18(19)20(23)21(25)14-3-5-15(6-4-14)24-29(26,27)17-8-9-17/h3-7,10,13,17,24H,2,8-9,11-12,23H2,1H3. The first-order valence-electron chi connectivity index (χ1n) is 9.67.